The van der Waals surface area contributed by atoms with Gasteiger partial charge in [0.1, 0.15) is 12.6 Å². The van der Waals surface area contributed by atoms with Gasteiger partial charge in [0.25, 0.3) is 10.0 Å². The van der Waals surface area contributed by atoms with Crippen LogP contribution in [0.1, 0.15) is 43.9 Å². The number of carbonyl (C=O) groups is 2. The van der Waals surface area contributed by atoms with Crippen molar-refractivity contribution in [3.63, 3.8) is 0 Å². The van der Waals surface area contributed by atoms with Crippen LogP contribution >= 0.6 is 11.6 Å². The van der Waals surface area contributed by atoms with Crippen molar-refractivity contribution in [2.75, 3.05) is 10.8 Å². The number of halogens is 1. The second kappa shape index (κ2) is 13.1. The van der Waals surface area contributed by atoms with Gasteiger partial charge in [-0.1, -0.05) is 72.6 Å². The largest absolute Gasteiger partial charge is 0.352 e. The molecule has 1 N–H and O–H groups in total. The molecule has 3 aromatic rings. The molecule has 0 heterocycles. The van der Waals surface area contributed by atoms with E-state index in [1.54, 1.807) is 68.4 Å². The van der Waals surface area contributed by atoms with Crippen molar-refractivity contribution in [2.45, 2.75) is 64.6 Å². The third-order valence-corrected chi connectivity index (χ3v) is 8.88. The normalized spacial score (nSPS) is 12.9. The summed E-state index contributed by atoms with van der Waals surface area (Å²) in [4.78, 5) is 28.6. The van der Waals surface area contributed by atoms with Gasteiger partial charge in [0.15, 0.2) is 0 Å². The van der Waals surface area contributed by atoms with E-state index in [-0.39, 0.29) is 23.4 Å². The molecular weight excluding hydrogens is 534 g/mol. The number of sulfonamides is 1. The molecule has 0 aliphatic rings. The van der Waals surface area contributed by atoms with E-state index in [1.165, 1.54) is 17.0 Å². The summed E-state index contributed by atoms with van der Waals surface area (Å²) < 4.78 is 28.9. The molecule has 0 aliphatic heterocycles. The molecule has 2 amide bonds. The summed E-state index contributed by atoms with van der Waals surface area (Å²) >= 11 is 6.41. The van der Waals surface area contributed by atoms with Crippen LogP contribution in [0, 0.1) is 13.8 Å². The molecule has 0 unspecified atom stereocenters. The number of para-hydroxylation sites is 1. The number of nitrogens with zero attached hydrogens (tertiary/aromatic N) is 2. The predicted octanol–water partition coefficient (Wildman–Crippen LogP) is 5.48. The molecule has 0 bridgehead atoms. The van der Waals surface area contributed by atoms with Crippen molar-refractivity contribution in [3.05, 3.63) is 94.5 Å². The smallest absolute Gasteiger partial charge is 0.264 e. The summed E-state index contributed by atoms with van der Waals surface area (Å²) in [6, 6.07) is 19.6. The second-order valence-corrected chi connectivity index (χ2v) is 12.0. The minimum atomic E-state index is -4.11. The standard InChI is InChI=1S/C30H36ClN3O4S/c1-6-23(4)32-30(36)24(5)33(19-25-12-8-9-13-27(25)31)29(35)20-34(28-14-10-7-11-22(28)3)39(37,38)26-17-15-21(2)16-18-26/h7-18,23-24H,6,19-20H2,1-5H3,(H,32,36)/t23-,24-/m1/s1. The fourth-order valence-corrected chi connectivity index (χ4v) is 5.73. The van der Waals surface area contributed by atoms with Crippen LogP contribution in [0.3, 0.4) is 0 Å². The third-order valence-electron chi connectivity index (χ3n) is 6.74. The summed E-state index contributed by atoms with van der Waals surface area (Å²) in [6.45, 7) is 8.70. The Hall–Kier alpha value is -3.36. The van der Waals surface area contributed by atoms with Gasteiger partial charge in [0, 0.05) is 17.6 Å². The highest BCUT2D eigenvalue weighted by atomic mass is 35.5. The topological polar surface area (TPSA) is 86.8 Å². The fraction of sp³-hybridized carbons (Fsp3) is 0.333. The number of benzene rings is 3. The molecule has 0 aromatic heterocycles. The highest BCUT2D eigenvalue weighted by Gasteiger charge is 2.33. The van der Waals surface area contributed by atoms with E-state index >= 15 is 0 Å². The van der Waals surface area contributed by atoms with E-state index in [4.69, 9.17) is 11.6 Å². The van der Waals surface area contributed by atoms with E-state index in [0.29, 0.717) is 21.8 Å². The molecule has 2 atom stereocenters. The lowest BCUT2D eigenvalue weighted by molar-refractivity contribution is -0.139. The number of hydrogen-bond donors (Lipinski definition) is 1. The number of carbonyl (C=O) groups excluding carboxylic acids is 2. The average Bonchev–Trinajstić information content (AvgIpc) is 2.91. The molecule has 9 heteroatoms. The highest BCUT2D eigenvalue weighted by Crippen LogP contribution is 2.28. The van der Waals surface area contributed by atoms with Crippen LogP contribution in [0.5, 0.6) is 0 Å². The van der Waals surface area contributed by atoms with E-state index in [9.17, 15) is 18.0 Å². The SMILES string of the molecule is CC[C@@H](C)NC(=O)[C@@H](C)N(Cc1ccccc1Cl)C(=O)CN(c1ccccc1C)S(=O)(=O)c1ccc(C)cc1. The molecule has 208 valence electrons. The number of aryl methyl sites for hydroxylation is 2. The maximum Gasteiger partial charge on any atom is 0.264 e. The molecule has 0 saturated heterocycles. The Morgan fingerprint density at radius 3 is 2.15 bits per heavy atom. The van der Waals surface area contributed by atoms with E-state index in [0.717, 1.165) is 16.3 Å². The molecule has 0 radical (unpaired) electrons. The van der Waals surface area contributed by atoms with Crippen LogP contribution in [0.25, 0.3) is 0 Å². The van der Waals surface area contributed by atoms with Crippen molar-refractivity contribution < 1.29 is 18.0 Å². The van der Waals surface area contributed by atoms with Gasteiger partial charge in [-0.05, 0) is 69.5 Å². The predicted molar refractivity (Wildman–Crippen MR) is 156 cm³/mol. The minimum absolute atomic E-state index is 0.0415. The van der Waals surface area contributed by atoms with Crippen molar-refractivity contribution in [3.8, 4) is 0 Å². The Morgan fingerprint density at radius 1 is 0.923 bits per heavy atom. The van der Waals surface area contributed by atoms with Crippen LogP contribution in [-0.2, 0) is 26.2 Å². The Morgan fingerprint density at radius 2 is 1.54 bits per heavy atom. The van der Waals surface area contributed by atoms with Crippen molar-refractivity contribution in [2.24, 2.45) is 0 Å². The first-order chi connectivity index (χ1) is 18.4. The first-order valence-corrected chi connectivity index (χ1v) is 14.8. The number of amides is 2. The van der Waals surface area contributed by atoms with Crippen LogP contribution in [0.4, 0.5) is 5.69 Å². The lowest BCUT2D eigenvalue weighted by atomic mass is 10.1. The Bertz CT molecular complexity index is 1410. The summed E-state index contributed by atoms with van der Waals surface area (Å²) in [5, 5.41) is 3.37. The fourth-order valence-electron chi connectivity index (χ4n) is 4.05. The molecular formula is C30H36ClN3O4S. The maximum absolute atomic E-state index is 14.0. The quantitative estimate of drug-likeness (QED) is 0.331. The van der Waals surface area contributed by atoms with Crippen LogP contribution < -0.4 is 9.62 Å². The van der Waals surface area contributed by atoms with Gasteiger partial charge in [-0.3, -0.25) is 13.9 Å². The molecule has 0 spiro atoms. The van der Waals surface area contributed by atoms with Gasteiger partial charge in [0.2, 0.25) is 11.8 Å². The molecule has 0 fully saturated rings. The van der Waals surface area contributed by atoms with Crippen LogP contribution in [-0.4, -0.2) is 43.8 Å². The van der Waals surface area contributed by atoms with Gasteiger partial charge in [-0.2, -0.15) is 0 Å². The first-order valence-electron chi connectivity index (χ1n) is 12.9. The Kier molecular flexibility index (Phi) is 10.2. The molecule has 39 heavy (non-hydrogen) atoms. The summed E-state index contributed by atoms with van der Waals surface area (Å²) in [6.07, 6.45) is 0.729. The van der Waals surface area contributed by atoms with E-state index in [2.05, 4.69) is 5.32 Å². The zero-order valence-electron chi connectivity index (χ0n) is 23.0. The third kappa shape index (κ3) is 7.40. The van der Waals surface area contributed by atoms with Crippen molar-refractivity contribution in [1.29, 1.82) is 0 Å². The molecule has 3 rings (SSSR count). The molecule has 0 saturated carbocycles. The first kappa shape index (κ1) is 30.2. The van der Waals surface area contributed by atoms with Crippen LogP contribution in [0.2, 0.25) is 5.02 Å². The minimum Gasteiger partial charge on any atom is -0.352 e. The average molecular weight is 570 g/mol. The monoisotopic (exact) mass is 569 g/mol. The van der Waals surface area contributed by atoms with Gasteiger partial charge in [0.05, 0.1) is 10.6 Å². The van der Waals surface area contributed by atoms with Crippen molar-refractivity contribution >= 4 is 39.1 Å². The number of anilines is 1. The Labute approximate surface area is 236 Å². The molecule has 7 nitrogen and oxygen atoms in total. The summed E-state index contributed by atoms with van der Waals surface area (Å²) in [7, 11) is -4.11. The summed E-state index contributed by atoms with van der Waals surface area (Å²) in [5.74, 6) is -0.853. The Balaban J connectivity index is 2.05. The van der Waals surface area contributed by atoms with E-state index in [1.807, 2.05) is 26.8 Å². The zero-order chi connectivity index (χ0) is 28.7. The molecule has 0 aliphatic carbocycles. The highest BCUT2D eigenvalue weighted by molar-refractivity contribution is 7.92. The van der Waals surface area contributed by atoms with Gasteiger partial charge in [-0.15, -0.1) is 0 Å². The number of hydrogen-bond acceptors (Lipinski definition) is 4. The maximum atomic E-state index is 14.0. The van der Waals surface area contributed by atoms with E-state index < -0.39 is 28.5 Å². The van der Waals surface area contributed by atoms with Crippen molar-refractivity contribution in [1.82, 2.24) is 10.2 Å². The number of nitrogens with one attached hydrogen (secondary N) is 1. The number of rotatable bonds is 11. The van der Waals surface area contributed by atoms with Gasteiger partial charge >= 0.3 is 0 Å². The van der Waals surface area contributed by atoms with Gasteiger partial charge < -0.3 is 10.2 Å². The van der Waals surface area contributed by atoms with Gasteiger partial charge in [-0.25, -0.2) is 8.42 Å². The lowest BCUT2D eigenvalue weighted by Crippen LogP contribution is -2.52. The lowest BCUT2D eigenvalue weighted by Gasteiger charge is -2.33. The zero-order valence-corrected chi connectivity index (χ0v) is 24.6. The molecule has 3 aromatic carbocycles. The summed E-state index contributed by atoms with van der Waals surface area (Å²) in [5.41, 5.74) is 2.65. The van der Waals surface area contributed by atoms with Crippen LogP contribution in [0.15, 0.2) is 77.7 Å². The second-order valence-electron chi connectivity index (χ2n) is 9.72.